The fourth-order valence-corrected chi connectivity index (χ4v) is 0.722. The molecule has 70 valence electrons. The van der Waals surface area contributed by atoms with Gasteiger partial charge in [-0.2, -0.15) is 0 Å². The number of hydrogen-bond acceptors (Lipinski definition) is 4. The van der Waals surface area contributed by atoms with Gasteiger partial charge < -0.3 is 10.5 Å². The molecule has 0 aromatic carbocycles. The summed E-state index contributed by atoms with van der Waals surface area (Å²) in [5, 5.41) is 0. The average Bonchev–Trinajstić information content (AvgIpc) is 2.04. The van der Waals surface area contributed by atoms with Crippen LogP contribution in [0.4, 0.5) is 0 Å². The molecule has 0 aromatic rings. The van der Waals surface area contributed by atoms with Crippen LogP contribution >= 0.6 is 0 Å². The fraction of sp³-hybridized carbons (Fsp3) is 0.750. The van der Waals surface area contributed by atoms with Gasteiger partial charge in [-0.1, -0.05) is 6.92 Å². The van der Waals surface area contributed by atoms with E-state index in [0.717, 1.165) is 0 Å². The smallest absolute Gasteiger partial charge is 0.323 e. The van der Waals surface area contributed by atoms with Crippen LogP contribution in [0.5, 0.6) is 0 Å². The van der Waals surface area contributed by atoms with Crippen LogP contribution in [0, 0.1) is 0 Å². The minimum absolute atomic E-state index is 0.0180. The van der Waals surface area contributed by atoms with Gasteiger partial charge in [-0.3, -0.25) is 9.59 Å². The molecular formula is C8H15NO3. The normalized spacial score (nSPS) is 12.2. The van der Waals surface area contributed by atoms with Crippen LogP contribution < -0.4 is 5.73 Å². The number of ether oxygens (including phenoxy) is 1. The van der Waals surface area contributed by atoms with Crippen LogP contribution in [0.2, 0.25) is 0 Å². The Labute approximate surface area is 72.1 Å². The maximum atomic E-state index is 10.9. The molecule has 0 spiro atoms. The molecule has 0 heterocycles. The summed E-state index contributed by atoms with van der Waals surface area (Å²) in [6.45, 7) is 3.74. The Kier molecular flexibility index (Phi) is 5.28. The Balaban J connectivity index is 3.78. The van der Waals surface area contributed by atoms with Crippen molar-refractivity contribution in [3.05, 3.63) is 0 Å². The third kappa shape index (κ3) is 4.08. The summed E-state index contributed by atoms with van der Waals surface area (Å²) in [6, 6.07) is -0.794. The van der Waals surface area contributed by atoms with Crippen LogP contribution in [0.15, 0.2) is 0 Å². The average molecular weight is 173 g/mol. The SMILES string of the molecule is CCOC(=O)C(N)CC(=O)CC. The first kappa shape index (κ1) is 11.1. The van der Waals surface area contributed by atoms with E-state index in [1.165, 1.54) is 0 Å². The molecule has 0 rings (SSSR count). The van der Waals surface area contributed by atoms with E-state index in [9.17, 15) is 9.59 Å². The van der Waals surface area contributed by atoms with Crippen molar-refractivity contribution in [3.63, 3.8) is 0 Å². The van der Waals surface area contributed by atoms with Crippen molar-refractivity contribution >= 4 is 11.8 Å². The van der Waals surface area contributed by atoms with Gasteiger partial charge in [0.25, 0.3) is 0 Å². The highest BCUT2D eigenvalue weighted by Crippen LogP contribution is 1.96. The second-order valence-electron chi connectivity index (χ2n) is 2.45. The first-order chi connectivity index (χ1) is 5.61. The summed E-state index contributed by atoms with van der Waals surface area (Å²) in [6.07, 6.45) is 0.489. The van der Waals surface area contributed by atoms with Crippen LogP contribution in [-0.2, 0) is 14.3 Å². The molecule has 0 bridgehead atoms. The number of carbonyl (C=O) groups excluding carboxylic acids is 2. The highest BCUT2D eigenvalue weighted by molar-refractivity contribution is 5.86. The van der Waals surface area contributed by atoms with Crippen molar-refractivity contribution in [1.29, 1.82) is 0 Å². The lowest BCUT2D eigenvalue weighted by atomic mass is 10.1. The molecule has 0 saturated heterocycles. The molecule has 4 heteroatoms. The van der Waals surface area contributed by atoms with Gasteiger partial charge >= 0.3 is 5.97 Å². The van der Waals surface area contributed by atoms with E-state index in [0.29, 0.717) is 13.0 Å². The lowest BCUT2D eigenvalue weighted by Gasteiger charge is -2.08. The first-order valence-corrected chi connectivity index (χ1v) is 4.05. The van der Waals surface area contributed by atoms with Gasteiger partial charge in [0.1, 0.15) is 11.8 Å². The highest BCUT2D eigenvalue weighted by atomic mass is 16.5. The molecular weight excluding hydrogens is 158 g/mol. The van der Waals surface area contributed by atoms with Crippen LogP contribution in [0.25, 0.3) is 0 Å². The molecule has 0 aliphatic carbocycles. The minimum Gasteiger partial charge on any atom is -0.465 e. The van der Waals surface area contributed by atoms with E-state index < -0.39 is 12.0 Å². The predicted octanol–water partition coefficient (Wildman–Crippen LogP) is 0.246. The monoisotopic (exact) mass is 173 g/mol. The Morgan fingerprint density at radius 3 is 2.42 bits per heavy atom. The zero-order chi connectivity index (χ0) is 9.56. The molecule has 1 unspecified atom stereocenters. The summed E-state index contributed by atoms with van der Waals surface area (Å²) >= 11 is 0. The number of carbonyl (C=O) groups is 2. The molecule has 1 atom stereocenters. The topological polar surface area (TPSA) is 69.4 Å². The maximum absolute atomic E-state index is 10.9. The molecule has 0 aromatic heterocycles. The van der Waals surface area contributed by atoms with E-state index in [1.54, 1.807) is 13.8 Å². The van der Waals surface area contributed by atoms with Crippen molar-refractivity contribution in [2.75, 3.05) is 6.61 Å². The fourth-order valence-electron chi connectivity index (χ4n) is 0.722. The molecule has 0 radical (unpaired) electrons. The summed E-state index contributed by atoms with van der Waals surface area (Å²) < 4.78 is 4.63. The molecule has 0 aliphatic rings. The Morgan fingerprint density at radius 1 is 1.42 bits per heavy atom. The van der Waals surface area contributed by atoms with Crippen molar-refractivity contribution in [1.82, 2.24) is 0 Å². The second-order valence-corrected chi connectivity index (χ2v) is 2.45. The molecule has 4 nitrogen and oxygen atoms in total. The van der Waals surface area contributed by atoms with Gasteiger partial charge in [-0.15, -0.1) is 0 Å². The van der Waals surface area contributed by atoms with E-state index in [4.69, 9.17) is 5.73 Å². The Bertz CT molecular complexity index is 168. The van der Waals surface area contributed by atoms with Gasteiger partial charge in [0.2, 0.25) is 0 Å². The van der Waals surface area contributed by atoms with E-state index >= 15 is 0 Å². The van der Waals surface area contributed by atoms with Crippen molar-refractivity contribution in [2.45, 2.75) is 32.7 Å². The first-order valence-electron chi connectivity index (χ1n) is 4.05. The van der Waals surface area contributed by atoms with Gasteiger partial charge in [0.15, 0.2) is 0 Å². The third-order valence-corrected chi connectivity index (χ3v) is 1.43. The number of esters is 1. The standard InChI is InChI=1S/C8H15NO3/c1-3-6(10)5-7(9)8(11)12-4-2/h7H,3-5,9H2,1-2H3. The van der Waals surface area contributed by atoms with E-state index in [1.807, 2.05) is 0 Å². The van der Waals surface area contributed by atoms with Gasteiger partial charge in [-0.05, 0) is 6.92 Å². The summed E-state index contributed by atoms with van der Waals surface area (Å²) in [5.41, 5.74) is 5.38. The number of hydrogen-bond donors (Lipinski definition) is 1. The predicted molar refractivity (Wildman–Crippen MR) is 44.5 cm³/mol. The lowest BCUT2D eigenvalue weighted by Crippen LogP contribution is -2.34. The van der Waals surface area contributed by atoms with Crippen LogP contribution in [-0.4, -0.2) is 24.4 Å². The lowest BCUT2D eigenvalue weighted by molar-refractivity contribution is -0.146. The molecule has 0 saturated carbocycles. The quantitative estimate of drug-likeness (QED) is 0.605. The number of Topliss-reactive ketones (excluding diaryl/α,β-unsaturated/α-hetero) is 1. The summed E-state index contributed by atoms with van der Waals surface area (Å²) in [4.78, 5) is 21.7. The van der Waals surface area contributed by atoms with Crippen LogP contribution in [0.1, 0.15) is 26.7 Å². The Morgan fingerprint density at radius 2 is 2.00 bits per heavy atom. The molecule has 0 aliphatic heterocycles. The highest BCUT2D eigenvalue weighted by Gasteiger charge is 2.16. The van der Waals surface area contributed by atoms with Crippen molar-refractivity contribution in [3.8, 4) is 0 Å². The van der Waals surface area contributed by atoms with E-state index in [-0.39, 0.29) is 12.2 Å². The number of ketones is 1. The minimum atomic E-state index is -0.794. The summed E-state index contributed by atoms with van der Waals surface area (Å²) in [7, 11) is 0. The zero-order valence-corrected chi connectivity index (χ0v) is 7.50. The maximum Gasteiger partial charge on any atom is 0.323 e. The van der Waals surface area contributed by atoms with Crippen LogP contribution in [0.3, 0.4) is 0 Å². The Hall–Kier alpha value is -0.900. The van der Waals surface area contributed by atoms with Gasteiger partial charge in [-0.25, -0.2) is 0 Å². The van der Waals surface area contributed by atoms with Crippen molar-refractivity contribution in [2.24, 2.45) is 5.73 Å². The van der Waals surface area contributed by atoms with Gasteiger partial charge in [0, 0.05) is 12.8 Å². The number of nitrogens with two attached hydrogens (primary N) is 1. The van der Waals surface area contributed by atoms with Crippen molar-refractivity contribution < 1.29 is 14.3 Å². The molecule has 2 N–H and O–H groups in total. The second kappa shape index (κ2) is 5.71. The largest absolute Gasteiger partial charge is 0.465 e. The molecule has 12 heavy (non-hydrogen) atoms. The zero-order valence-electron chi connectivity index (χ0n) is 7.50. The summed E-state index contributed by atoms with van der Waals surface area (Å²) in [5.74, 6) is -0.519. The third-order valence-electron chi connectivity index (χ3n) is 1.43. The molecule has 0 amide bonds. The van der Waals surface area contributed by atoms with E-state index in [2.05, 4.69) is 4.74 Å². The number of rotatable bonds is 5. The van der Waals surface area contributed by atoms with Gasteiger partial charge in [0.05, 0.1) is 6.61 Å². The molecule has 0 fully saturated rings.